The van der Waals surface area contributed by atoms with Gasteiger partial charge in [-0.1, -0.05) is 0 Å². The van der Waals surface area contributed by atoms with E-state index in [-0.39, 0.29) is 23.5 Å². The van der Waals surface area contributed by atoms with Gasteiger partial charge in [-0.05, 0) is 42.8 Å². The zero-order chi connectivity index (χ0) is 18.9. The molecule has 1 aliphatic heterocycles. The molecule has 7 nitrogen and oxygen atoms in total. The van der Waals surface area contributed by atoms with E-state index < -0.39 is 21.8 Å². The fourth-order valence-corrected chi connectivity index (χ4v) is 4.63. The quantitative estimate of drug-likeness (QED) is 0.870. The fourth-order valence-electron chi connectivity index (χ4n) is 3.00. The molecule has 3 rings (SSSR count). The molecule has 1 saturated heterocycles. The van der Waals surface area contributed by atoms with Gasteiger partial charge in [0.25, 0.3) is 0 Å². The van der Waals surface area contributed by atoms with E-state index in [9.17, 15) is 22.7 Å². The molecular formula is C17H18FN3O4S. The maximum Gasteiger partial charge on any atom is 0.339 e. The smallest absolute Gasteiger partial charge is 0.339 e. The molecule has 1 aromatic heterocycles. The van der Waals surface area contributed by atoms with Crippen molar-refractivity contribution in [3.8, 4) is 0 Å². The molecule has 1 fully saturated rings. The highest BCUT2D eigenvalue weighted by Crippen LogP contribution is 2.24. The Labute approximate surface area is 150 Å². The van der Waals surface area contributed by atoms with Crippen LogP contribution in [0, 0.1) is 12.7 Å². The molecule has 9 heteroatoms. The normalized spacial score (nSPS) is 15.8. The third kappa shape index (κ3) is 3.40. The van der Waals surface area contributed by atoms with Crippen LogP contribution in [0.4, 0.5) is 10.2 Å². The zero-order valence-electron chi connectivity index (χ0n) is 14.1. The van der Waals surface area contributed by atoms with Gasteiger partial charge in [-0.2, -0.15) is 4.31 Å². The highest BCUT2D eigenvalue weighted by Gasteiger charge is 2.31. The van der Waals surface area contributed by atoms with Gasteiger partial charge in [0.2, 0.25) is 10.0 Å². The molecule has 0 amide bonds. The fraction of sp³-hybridized carbons (Fsp3) is 0.294. The molecule has 0 saturated carbocycles. The van der Waals surface area contributed by atoms with Gasteiger partial charge >= 0.3 is 5.97 Å². The standard InChI is InChI=1S/C17H18FN3O4S/c1-12-11-13(18)4-5-15(12)26(24,25)21-9-7-20(8-10-21)16-14(17(22)23)3-2-6-19-16/h2-6,11H,7-10H2,1H3,(H,22,23). The van der Waals surface area contributed by atoms with Gasteiger partial charge in [0.1, 0.15) is 17.2 Å². The summed E-state index contributed by atoms with van der Waals surface area (Å²) < 4.78 is 40.2. The van der Waals surface area contributed by atoms with E-state index in [1.54, 1.807) is 17.9 Å². The Kier molecular flexibility index (Phi) is 4.92. The summed E-state index contributed by atoms with van der Waals surface area (Å²) in [5.41, 5.74) is 0.434. The van der Waals surface area contributed by atoms with Crippen LogP contribution in [0.1, 0.15) is 15.9 Å². The molecule has 0 atom stereocenters. The Morgan fingerprint density at radius 1 is 1.19 bits per heavy atom. The Balaban J connectivity index is 1.79. The number of hydrogen-bond donors (Lipinski definition) is 1. The van der Waals surface area contributed by atoms with E-state index in [2.05, 4.69) is 4.98 Å². The second kappa shape index (κ2) is 7.00. The molecule has 1 aromatic carbocycles. The number of aromatic nitrogens is 1. The van der Waals surface area contributed by atoms with Crippen molar-refractivity contribution in [2.45, 2.75) is 11.8 Å². The molecule has 0 aliphatic carbocycles. The van der Waals surface area contributed by atoms with Crippen LogP contribution < -0.4 is 4.90 Å². The summed E-state index contributed by atoms with van der Waals surface area (Å²) in [6, 6.07) is 6.60. The van der Waals surface area contributed by atoms with Crippen molar-refractivity contribution < 1.29 is 22.7 Å². The topological polar surface area (TPSA) is 90.8 Å². The third-order valence-corrected chi connectivity index (χ3v) is 6.37. The molecular weight excluding hydrogens is 361 g/mol. The van der Waals surface area contributed by atoms with Gasteiger partial charge in [0.05, 0.1) is 4.90 Å². The second-order valence-electron chi connectivity index (χ2n) is 5.98. The van der Waals surface area contributed by atoms with Crippen molar-refractivity contribution in [2.24, 2.45) is 0 Å². The Morgan fingerprint density at radius 3 is 2.50 bits per heavy atom. The average molecular weight is 379 g/mol. The van der Waals surface area contributed by atoms with Gasteiger partial charge in [-0.15, -0.1) is 0 Å². The number of anilines is 1. The van der Waals surface area contributed by atoms with Crippen LogP contribution in [0.3, 0.4) is 0 Å². The van der Waals surface area contributed by atoms with Crippen molar-refractivity contribution in [1.82, 2.24) is 9.29 Å². The molecule has 0 bridgehead atoms. The second-order valence-corrected chi connectivity index (χ2v) is 7.89. The van der Waals surface area contributed by atoms with Crippen LogP contribution in [0.25, 0.3) is 0 Å². The van der Waals surface area contributed by atoms with Crippen molar-refractivity contribution in [3.63, 3.8) is 0 Å². The zero-order valence-corrected chi connectivity index (χ0v) is 14.9. The van der Waals surface area contributed by atoms with Gasteiger partial charge in [-0.3, -0.25) is 0 Å². The summed E-state index contributed by atoms with van der Waals surface area (Å²) in [5.74, 6) is -1.23. The first-order chi connectivity index (χ1) is 12.3. The summed E-state index contributed by atoms with van der Waals surface area (Å²) in [4.78, 5) is 17.3. The molecule has 0 unspecified atom stereocenters. The number of carboxylic acid groups (broad SMARTS) is 1. The molecule has 1 N–H and O–H groups in total. The predicted molar refractivity (Wildman–Crippen MR) is 93.3 cm³/mol. The molecule has 2 heterocycles. The number of aryl methyl sites for hydroxylation is 1. The highest BCUT2D eigenvalue weighted by molar-refractivity contribution is 7.89. The van der Waals surface area contributed by atoms with Crippen molar-refractivity contribution in [2.75, 3.05) is 31.1 Å². The predicted octanol–water partition coefficient (Wildman–Crippen LogP) is 1.74. The number of piperazine rings is 1. The van der Waals surface area contributed by atoms with Gasteiger partial charge in [-0.25, -0.2) is 22.6 Å². The Morgan fingerprint density at radius 2 is 1.88 bits per heavy atom. The van der Waals surface area contributed by atoms with Crippen molar-refractivity contribution >= 4 is 21.8 Å². The van der Waals surface area contributed by atoms with Crippen LogP contribution in [0.5, 0.6) is 0 Å². The monoisotopic (exact) mass is 379 g/mol. The number of carboxylic acids is 1. The third-order valence-electron chi connectivity index (χ3n) is 4.31. The summed E-state index contributed by atoms with van der Waals surface area (Å²) >= 11 is 0. The lowest BCUT2D eigenvalue weighted by molar-refractivity contribution is 0.0697. The first-order valence-electron chi connectivity index (χ1n) is 8.00. The van der Waals surface area contributed by atoms with Gasteiger partial charge in [0.15, 0.2) is 0 Å². The van der Waals surface area contributed by atoms with E-state index in [0.29, 0.717) is 24.5 Å². The lowest BCUT2D eigenvalue weighted by Crippen LogP contribution is -2.49. The molecule has 2 aromatic rings. The van der Waals surface area contributed by atoms with Crippen molar-refractivity contribution in [1.29, 1.82) is 0 Å². The lowest BCUT2D eigenvalue weighted by atomic mass is 10.2. The van der Waals surface area contributed by atoms with E-state index in [4.69, 9.17) is 0 Å². The van der Waals surface area contributed by atoms with Crippen LogP contribution in [0.2, 0.25) is 0 Å². The van der Waals surface area contributed by atoms with E-state index >= 15 is 0 Å². The molecule has 26 heavy (non-hydrogen) atoms. The number of nitrogens with zero attached hydrogens (tertiary/aromatic N) is 3. The number of pyridine rings is 1. The number of sulfonamides is 1. The largest absolute Gasteiger partial charge is 0.478 e. The van der Waals surface area contributed by atoms with Crippen LogP contribution in [-0.2, 0) is 10.0 Å². The molecule has 0 radical (unpaired) electrons. The molecule has 0 spiro atoms. The Bertz CT molecular complexity index is 941. The Hall–Kier alpha value is -2.52. The number of aromatic carboxylic acids is 1. The van der Waals surface area contributed by atoms with Crippen LogP contribution in [-0.4, -0.2) is 55.0 Å². The van der Waals surface area contributed by atoms with Gasteiger partial charge in [0, 0.05) is 32.4 Å². The highest BCUT2D eigenvalue weighted by atomic mass is 32.2. The van der Waals surface area contributed by atoms with Gasteiger partial charge < -0.3 is 10.0 Å². The first kappa shape index (κ1) is 18.3. The summed E-state index contributed by atoms with van der Waals surface area (Å²) in [6.07, 6.45) is 1.51. The van der Waals surface area contributed by atoms with Crippen LogP contribution in [0.15, 0.2) is 41.4 Å². The number of halogens is 1. The minimum atomic E-state index is -3.74. The molecule has 1 aliphatic rings. The van der Waals surface area contributed by atoms with Crippen molar-refractivity contribution in [3.05, 3.63) is 53.5 Å². The summed E-state index contributed by atoms with van der Waals surface area (Å²) in [5, 5.41) is 9.28. The molecule has 138 valence electrons. The maximum atomic E-state index is 13.2. The van der Waals surface area contributed by atoms with E-state index in [1.807, 2.05) is 0 Å². The van der Waals surface area contributed by atoms with E-state index in [1.165, 1.54) is 28.7 Å². The number of benzene rings is 1. The lowest BCUT2D eigenvalue weighted by Gasteiger charge is -2.35. The summed E-state index contributed by atoms with van der Waals surface area (Å²) in [7, 11) is -3.74. The number of hydrogen-bond acceptors (Lipinski definition) is 5. The average Bonchev–Trinajstić information content (AvgIpc) is 2.61. The SMILES string of the molecule is Cc1cc(F)ccc1S(=O)(=O)N1CCN(c2ncccc2C(=O)O)CC1. The number of carbonyl (C=O) groups is 1. The number of rotatable bonds is 4. The summed E-state index contributed by atoms with van der Waals surface area (Å²) in [6.45, 7) is 2.57. The van der Waals surface area contributed by atoms with Crippen LogP contribution >= 0.6 is 0 Å². The first-order valence-corrected chi connectivity index (χ1v) is 9.44. The minimum Gasteiger partial charge on any atom is -0.478 e. The maximum absolute atomic E-state index is 13.2. The minimum absolute atomic E-state index is 0.0800. The van der Waals surface area contributed by atoms with E-state index in [0.717, 1.165) is 6.07 Å².